The predicted octanol–water partition coefficient (Wildman–Crippen LogP) is 2.46. The van der Waals surface area contributed by atoms with Gasteiger partial charge in [-0.3, -0.25) is 0 Å². The lowest BCUT2D eigenvalue weighted by Crippen LogP contribution is -2.26. The van der Waals surface area contributed by atoms with Gasteiger partial charge in [0.1, 0.15) is 0 Å². The summed E-state index contributed by atoms with van der Waals surface area (Å²) in [7, 11) is 1.94. The van der Waals surface area contributed by atoms with Crippen LogP contribution in [0, 0.1) is 11.8 Å². The second kappa shape index (κ2) is 6.85. The predicted molar refractivity (Wildman–Crippen MR) is 79.2 cm³/mol. The zero-order valence-corrected chi connectivity index (χ0v) is 12.4. The van der Waals surface area contributed by atoms with Gasteiger partial charge in [-0.1, -0.05) is 13.8 Å². The number of nitrogens with one attached hydrogen (secondary N) is 1. The average molecular weight is 262 g/mol. The summed E-state index contributed by atoms with van der Waals surface area (Å²) in [4.78, 5) is 11.4. The molecule has 106 valence electrons. The first-order valence-electron chi connectivity index (χ1n) is 7.41. The maximum absolute atomic E-state index is 4.51. The van der Waals surface area contributed by atoms with Gasteiger partial charge in [0, 0.05) is 37.6 Å². The molecule has 1 fully saturated rings. The zero-order chi connectivity index (χ0) is 13.7. The molecular weight excluding hydrogens is 236 g/mol. The molecule has 4 heteroatoms. The van der Waals surface area contributed by atoms with Crippen molar-refractivity contribution in [3.05, 3.63) is 18.0 Å². The molecule has 1 aliphatic rings. The number of rotatable bonds is 4. The van der Waals surface area contributed by atoms with E-state index in [1.165, 1.54) is 19.3 Å². The van der Waals surface area contributed by atoms with Crippen molar-refractivity contribution < 1.29 is 0 Å². The molecule has 4 nitrogen and oxygen atoms in total. The first kappa shape index (κ1) is 14.3. The van der Waals surface area contributed by atoms with Gasteiger partial charge in [-0.25, -0.2) is 9.97 Å². The lowest BCUT2D eigenvalue weighted by Gasteiger charge is -2.21. The Balaban J connectivity index is 1.97. The minimum absolute atomic E-state index is 0.791. The summed E-state index contributed by atoms with van der Waals surface area (Å²) in [5.74, 6) is 2.54. The molecule has 0 saturated carbocycles. The van der Waals surface area contributed by atoms with E-state index in [-0.39, 0.29) is 0 Å². The standard InChI is InChI=1S/C15H26N4/c1-12(2)14-5-4-7-19(8-6-14)15-17-10-13(9-16-3)11-18-15/h10-12,14,16H,4-9H2,1-3H3. The zero-order valence-electron chi connectivity index (χ0n) is 12.4. The Morgan fingerprint density at radius 2 is 2.00 bits per heavy atom. The van der Waals surface area contributed by atoms with Gasteiger partial charge in [0.2, 0.25) is 5.95 Å². The van der Waals surface area contributed by atoms with E-state index in [2.05, 4.69) is 34.0 Å². The van der Waals surface area contributed by atoms with Gasteiger partial charge in [-0.15, -0.1) is 0 Å². The van der Waals surface area contributed by atoms with Gasteiger partial charge in [-0.2, -0.15) is 0 Å². The monoisotopic (exact) mass is 262 g/mol. The second-order valence-electron chi connectivity index (χ2n) is 5.84. The molecule has 1 atom stereocenters. The van der Waals surface area contributed by atoms with Crippen LogP contribution in [0.5, 0.6) is 0 Å². The van der Waals surface area contributed by atoms with Crippen LogP contribution in [0.15, 0.2) is 12.4 Å². The SMILES string of the molecule is CNCc1cnc(N2CCCC(C(C)C)CC2)nc1. The van der Waals surface area contributed by atoms with Crippen molar-refractivity contribution in [2.45, 2.75) is 39.7 Å². The number of anilines is 1. The first-order chi connectivity index (χ1) is 9.20. The van der Waals surface area contributed by atoms with Gasteiger partial charge < -0.3 is 10.2 Å². The van der Waals surface area contributed by atoms with Crippen molar-refractivity contribution in [2.24, 2.45) is 11.8 Å². The van der Waals surface area contributed by atoms with Gasteiger partial charge in [0.15, 0.2) is 0 Å². The average Bonchev–Trinajstić information content (AvgIpc) is 2.66. The third-order valence-electron chi connectivity index (χ3n) is 4.07. The van der Waals surface area contributed by atoms with Crippen molar-refractivity contribution in [1.29, 1.82) is 0 Å². The molecular formula is C15H26N4. The molecule has 1 aromatic rings. The van der Waals surface area contributed by atoms with Crippen LogP contribution in [0.3, 0.4) is 0 Å². The summed E-state index contributed by atoms with van der Waals surface area (Å²) in [6.45, 7) is 7.69. The lowest BCUT2D eigenvalue weighted by molar-refractivity contribution is 0.351. The molecule has 2 rings (SSSR count). The summed E-state index contributed by atoms with van der Waals surface area (Å²) < 4.78 is 0. The Morgan fingerprint density at radius 3 is 2.63 bits per heavy atom. The van der Waals surface area contributed by atoms with Crippen molar-refractivity contribution in [3.8, 4) is 0 Å². The highest BCUT2D eigenvalue weighted by Gasteiger charge is 2.20. The van der Waals surface area contributed by atoms with Gasteiger partial charge >= 0.3 is 0 Å². The Kier molecular flexibility index (Phi) is 5.14. The van der Waals surface area contributed by atoms with Crippen LogP contribution in [-0.2, 0) is 6.54 Å². The van der Waals surface area contributed by atoms with E-state index in [4.69, 9.17) is 0 Å². The Labute approximate surface area is 116 Å². The normalized spacial score (nSPS) is 20.6. The molecule has 2 heterocycles. The first-order valence-corrected chi connectivity index (χ1v) is 7.41. The van der Waals surface area contributed by atoms with Gasteiger partial charge in [0.25, 0.3) is 0 Å². The fraction of sp³-hybridized carbons (Fsp3) is 0.733. The van der Waals surface area contributed by atoms with Crippen molar-refractivity contribution in [3.63, 3.8) is 0 Å². The Morgan fingerprint density at radius 1 is 1.26 bits per heavy atom. The molecule has 1 N–H and O–H groups in total. The maximum atomic E-state index is 4.51. The van der Waals surface area contributed by atoms with Crippen molar-refractivity contribution in [1.82, 2.24) is 15.3 Å². The number of aromatic nitrogens is 2. The smallest absolute Gasteiger partial charge is 0.225 e. The lowest BCUT2D eigenvalue weighted by atomic mass is 9.89. The van der Waals surface area contributed by atoms with Crippen molar-refractivity contribution in [2.75, 3.05) is 25.0 Å². The Hall–Kier alpha value is -1.16. The van der Waals surface area contributed by atoms with Gasteiger partial charge in [-0.05, 0) is 38.1 Å². The van der Waals surface area contributed by atoms with E-state index in [1.807, 2.05) is 19.4 Å². The molecule has 0 aromatic carbocycles. The molecule has 0 bridgehead atoms. The fourth-order valence-electron chi connectivity index (χ4n) is 2.80. The van der Waals surface area contributed by atoms with E-state index in [0.717, 1.165) is 43.0 Å². The van der Waals surface area contributed by atoms with E-state index in [9.17, 15) is 0 Å². The molecule has 1 saturated heterocycles. The number of hydrogen-bond acceptors (Lipinski definition) is 4. The van der Waals surface area contributed by atoms with Crippen molar-refractivity contribution >= 4 is 5.95 Å². The fourth-order valence-corrected chi connectivity index (χ4v) is 2.80. The highest BCUT2D eigenvalue weighted by Crippen LogP contribution is 2.25. The van der Waals surface area contributed by atoms with Crippen LogP contribution in [0.1, 0.15) is 38.7 Å². The molecule has 0 amide bonds. The molecule has 19 heavy (non-hydrogen) atoms. The minimum atomic E-state index is 0.791. The topological polar surface area (TPSA) is 41.1 Å². The summed E-state index contributed by atoms with van der Waals surface area (Å²) in [6.07, 6.45) is 7.73. The third-order valence-corrected chi connectivity index (χ3v) is 4.07. The van der Waals surface area contributed by atoms with Crippen LogP contribution < -0.4 is 10.2 Å². The second-order valence-corrected chi connectivity index (χ2v) is 5.84. The maximum Gasteiger partial charge on any atom is 0.225 e. The van der Waals surface area contributed by atoms with Crippen LogP contribution in [0.25, 0.3) is 0 Å². The van der Waals surface area contributed by atoms with E-state index >= 15 is 0 Å². The molecule has 1 aromatic heterocycles. The number of nitrogens with zero attached hydrogens (tertiary/aromatic N) is 3. The van der Waals surface area contributed by atoms with Gasteiger partial charge in [0.05, 0.1) is 0 Å². The molecule has 0 spiro atoms. The summed E-state index contributed by atoms with van der Waals surface area (Å²) in [5.41, 5.74) is 1.14. The van der Waals surface area contributed by atoms with E-state index in [0.29, 0.717) is 0 Å². The molecule has 0 radical (unpaired) electrons. The van der Waals surface area contributed by atoms with E-state index in [1.54, 1.807) is 0 Å². The molecule has 0 aliphatic carbocycles. The highest BCUT2D eigenvalue weighted by atomic mass is 15.2. The summed E-state index contributed by atoms with van der Waals surface area (Å²) in [5, 5.41) is 3.12. The molecule has 1 unspecified atom stereocenters. The minimum Gasteiger partial charge on any atom is -0.341 e. The largest absolute Gasteiger partial charge is 0.341 e. The Bertz CT molecular complexity index is 374. The highest BCUT2D eigenvalue weighted by molar-refractivity contribution is 5.30. The van der Waals surface area contributed by atoms with Crippen LogP contribution in [-0.4, -0.2) is 30.1 Å². The summed E-state index contributed by atoms with van der Waals surface area (Å²) in [6, 6.07) is 0. The molecule has 1 aliphatic heterocycles. The van der Waals surface area contributed by atoms with Crippen LogP contribution in [0.2, 0.25) is 0 Å². The summed E-state index contributed by atoms with van der Waals surface area (Å²) >= 11 is 0. The third kappa shape index (κ3) is 3.90. The quantitative estimate of drug-likeness (QED) is 0.905. The van der Waals surface area contributed by atoms with E-state index < -0.39 is 0 Å². The van der Waals surface area contributed by atoms with Crippen LogP contribution >= 0.6 is 0 Å². The van der Waals surface area contributed by atoms with Crippen LogP contribution in [0.4, 0.5) is 5.95 Å². The number of hydrogen-bond donors (Lipinski definition) is 1.